The van der Waals surface area contributed by atoms with Crippen molar-refractivity contribution >= 4 is 5.78 Å². The molecular weight excluding hydrogens is 174 g/mol. The first-order valence-electron chi connectivity index (χ1n) is 4.72. The van der Waals surface area contributed by atoms with E-state index in [4.69, 9.17) is 5.26 Å². The van der Waals surface area contributed by atoms with Gasteiger partial charge in [0.05, 0.1) is 6.07 Å². The summed E-state index contributed by atoms with van der Waals surface area (Å²) in [6.07, 6.45) is 0.820. The summed E-state index contributed by atoms with van der Waals surface area (Å²) >= 11 is 0. The fourth-order valence-corrected chi connectivity index (χ4v) is 1.36. The van der Waals surface area contributed by atoms with Crippen LogP contribution in [0, 0.1) is 17.2 Å². The molecule has 1 aromatic carbocycles. The molecule has 14 heavy (non-hydrogen) atoms. The second kappa shape index (κ2) is 4.57. The van der Waals surface area contributed by atoms with Gasteiger partial charge < -0.3 is 0 Å². The summed E-state index contributed by atoms with van der Waals surface area (Å²) in [6.45, 7) is 3.64. The van der Waals surface area contributed by atoms with Crippen LogP contribution in [0.3, 0.4) is 0 Å². The number of nitrogens with zero attached hydrogens (tertiary/aromatic N) is 1. The van der Waals surface area contributed by atoms with E-state index < -0.39 is 5.92 Å². The highest BCUT2D eigenvalue weighted by Gasteiger charge is 2.16. The zero-order valence-corrected chi connectivity index (χ0v) is 8.45. The first kappa shape index (κ1) is 10.5. The molecule has 1 rings (SSSR count). The molecule has 0 heterocycles. The highest BCUT2D eigenvalue weighted by atomic mass is 16.1. The van der Waals surface area contributed by atoms with Crippen molar-refractivity contribution in [2.45, 2.75) is 20.3 Å². The lowest BCUT2D eigenvalue weighted by Gasteiger charge is -2.06. The van der Waals surface area contributed by atoms with Gasteiger partial charge in [0.25, 0.3) is 0 Å². The van der Waals surface area contributed by atoms with Gasteiger partial charge in [-0.05, 0) is 18.9 Å². The number of Topliss-reactive ketones (excluding diaryl/α,β-unsaturated/α-hetero) is 1. The Bertz CT molecular complexity index is 376. The van der Waals surface area contributed by atoms with Crippen LogP contribution in [0.25, 0.3) is 0 Å². The molecule has 0 aliphatic heterocycles. The van der Waals surface area contributed by atoms with Gasteiger partial charge in [-0.3, -0.25) is 4.79 Å². The van der Waals surface area contributed by atoms with E-state index in [1.807, 2.05) is 31.2 Å². The quantitative estimate of drug-likeness (QED) is 0.682. The van der Waals surface area contributed by atoms with Crippen LogP contribution in [0.15, 0.2) is 24.3 Å². The molecule has 0 aliphatic rings. The zero-order chi connectivity index (χ0) is 10.6. The Morgan fingerprint density at radius 3 is 2.71 bits per heavy atom. The average Bonchev–Trinajstić information content (AvgIpc) is 2.26. The molecule has 0 saturated carbocycles. The van der Waals surface area contributed by atoms with Gasteiger partial charge in [-0.2, -0.15) is 5.26 Å². The van der Waals surface area contributed by atoms with E-state index in [-0.39, 0.29) is 5.78 Å². The molecule has 0 saturated heterocycles. The summed E-state index contributed by atoms with van der Waals surface area (Å²) in [5.41, 5.74) is 1.70. The fourth-order valence-electron chi connectivity index (χ4n) is 1.36. The van der Waals surface area contributed by atoms with Crippen molar-refractivity contribution in [2.24, 2.45) is 5.92 Å². The minimum Gasteiger partial charge on any atom is -0.293 e. The molecule has 72 valence electrons. The number of rotatable bonds is 3. The topological polar surface area (TPSA) is 40.9 Å². The predicted octanol–water partition coefficient (Wildman–Crippen LogP) is 2.59. The number of benzene rings is 1. The average molecular weight is 187 g/mol. The Morgan fingerprint density at radius 1 is 1.50 bits per heavy atom. The third-order valence-electron chi connectivity index (χ3n) is 2.25. The molecule has 0 amide bonds. The number of aryl methyl sites for hydroxylation is 1. The van der Waals surface area contributed by atoms with Crippen LogP contribution >= 0.6 is 0 Å². The summed E-state index contributed by atoms with van der Waals surface area (Å²) in [5.74, 6) is -0.632. The molecule has 0 aliphatic carbocycles. The molecular formula is C12H13NO. The first-order chi connectivity index (χ1) is 6.70. The summed E-state index contributed by atoms with van der Waals surface area (Å²) in [5, 5.41) is 8.66. The molecule has 2 nitrogen and oxygen atoms in total. The highest BCUT2D eigenvalue weighted by molar-refractivity contribution is 6.00. The van der Waals surface area contributed by atoms with E-state index >= 15 is 0 Å². The first-order valence-corrected chi connectivity index (χ1v) is 4.72. The van der Waals surface area contributed by atoms with Crippen LogP contribution in [-0.4, -0.2) is 5.78 Å². The summed E-state index contributed by atoms with van der Waals surface area (Å²) < 4.78 is 0. The third-order valence-corrected chi connectivity index (χ3v) is 2.25. The molecule has 0 fully saturated rings. The molecule has 1 atom stereocenters. The van der Waals surface area contributed by atoms with Crippen molar-refractivity contribution in [3.05, 3.63) is 35.4 Å². The summed E-state index contributed by atoms with van der Waals surface area (Å²) in [7, 11) is 0. The maximum atomic E-state index is 11.7. The molecule has 0 spiro atoms. The maximum absolute atomic E-state index is 11.7. The highest BCUT2D eigenvalue weighted by Crippen LogP contribution is 2.14. The molecule has 1 unspecified atom stereocenters. The van der Waals surface area contributed by atoms with Crippen LogP contribution in [0.1, 0.15) is 29.8 Å². The second-order valence-electron chi connectivity index (χ2n) is 3.23. The second-order valence-corrected chi connectivity index (χ2v) is 3.23. The van der Waals surface area contributed by atoms with Crippen molar-refractivity contribution in [1.29, 1.82) is 5.26 Å². The number of ketones is 1. The standard InChI is InChI=1S/C12H13NO/c1-3-10-6-4-5-7-11(10)12(14)9(2)8-13/h4-7,9H,3H2,1-2H3. The van der Waals surface area contributed by atoms with E-state index in [0.717, 1.165) is 12.0 Å². The van der Waals surface area contributed by atoms with Crippen molar-refractivity contribution in [1.82, 2.24) is 0 Å². The number of carbonyl (C=O) groups is 1. The Kier molecular flexibility index (Phi) is 3.41. The number of carbonyl (C=O) groups excluding carboxylic acids is 1. The molecule has 0 bridgehead atoms. The van der Waals surface area contributed by atoms with Gasteiger partial charge in [-0.25, -0.2) is 0 Å². The Morgan fingerprint density at radius 2 is 2.14 bits per heavy atom. The van der Waals surface area contributed by atoms with Crippen molar-refractivity contribution in [2.75, 3.05) is 0 Å². The van der Waals surface area contributed by atoms with E-state index in [9.17, 15) is 4.79 Å². The van der Waals surface area contributed by atoms with Crippen LogP contribution in [0.4, 0.5) is 0 Å². The minimum absolute atomic E-state index is 0.0787. The van der Waals surface area contributed by atoms with Gasteiger partial charge in [0.2, 0.25) is 0 Å². The van der Waals surface area contributed by atoms with E-state index in [1.165, 1.54) is 0 Å². The lowest BCUT2D eigenvalue weighted by molar-refractivity contribution is 0.0955. The summed E-state index contributed by atoms with van der Waals surface area (Å²) in [4.78, 5) is 11.7. The number of hydrogen-bond donors (Lipinski definition) is 0. The van der Waals surface area contributed by atoms with Gasteiger partial charge in [-0.1, -0.05) is 31.2 Å². The normalized spacial score (nSPS) is 11.8. The smallest absolute Gasteiger partial charge is 0.179 e. The lowest BCUT2D eigenvalue weighted by atomic mass is 9.95. The predicted molar refractivity (Wildman–Crippen MR) is 54.9 cm³/mol. The SMILES string of the molecule is CCc1ccccc1C(=O)C(C)C#N. The molecule has 2 heteroatoms. The van der Waals surface area contributed by atoms with Crippen LogP contribution < -0.4 is 0 Å². The van der Waals surface area contributed by atoms with Crippen molar-refractivity contribution < 1.29 is 4.79 Å². The zero-order valence-electron chi connectivity index (χ0n) is 8.45. The van der Waals surface area contributed by atoms with E-state index in [0.29, 0.717) is 5.56 Å². The molecule has 0 aromatic heterocycles. The largest absolute Gasteiger partial charge is 0.293 e. The van der Waals surface area contributed by atoms with Gasteiger partial charge >= 0.3 is 0 Å². The fraction of sp³-hybridized carbons (Fsp3) is 0.333. The van der Waals surface area contributed by atoms with Crippen LogP contribution in [0.5, 0.6) is 0 Å². The van der Waals surface area contributed by atoms with Crippen LogP contribution in [-0.2, 0) is 6.42 Å². The lowest BCUT2D eigenvalue weighted by Crippen LogP contribution is -2.11. The maximum Gasteiger partial charge on any atom is 0.179 e. The van der Waals surface area contributed by atoms with E-state index in [1.54, 1.807) is 13.0 Å². The molecule has 1 aromatic rings. The van der Waals surface area contributed by atoms with Gasteiger partial charge in [0, 0.05) is 5.56 Å². The molecule has 0 radical (unpaired) electrons. The third kappa shape index (κ3) is 2.00. The minimum atomic E-state index is -0.553. The Balaban J connectivity index is 3.07. The van der Waals surface area contributed by atoms with Crippen molar-refractivity contribution in [3.63, 3.8) is 0 Å². The Labute approximate surface area is 84.2 Å². The molecule has 0 N–H and O–H groups in total. The monoisotopic (exact) mass is 187 g/mol. The van der Waals surface area contributed by atoms with E-state index in [2.05, 4.69) is 0 Å². The van der Waals surface area contributed by atoms with Gasteiger partial charge in [0.15, 0.2) is 5.78 Å². The van der Waals surface area contributed by atoms with Gasteiger partial charge in [-0.15, -0.1) is 0 Å². The Hall–Kier alpha value is -1.62. The van der Waals surface area contributed by atoms with Gasteiger partial charge in [0.1, 0.15) is 5.92 Å². The van der Waals surface area contributed by atoms with Crippen molar-refractivity contribution in [3.8, 4) is 6.07 Å². The number of hydrogen-bond acceptors (Lipinski definition) is 2. The van der Waals surface area contributed by atoms with Crippen LogP contribution in [0.2, 0.25) is 0 Å². The number of nitriles is 1. The summed E-state index contributed by atoms with van der Waals surface area (Å²) in [6, 6.07) is 9.42.